The molecule has 2 fully saturated rings. The number of carboxylic acids is 1. The molecular formula is C8H13NO2. The Kier molecular flexibility index (Phi) is 1.42. The molecule has 1 aliphatic carbocycles. The first-order valence-corrected chi connectivity index (χ1v) is 4.17. The number of hydrogen-bond donors (Lipinski definition) is 2. The third kappa shape index (κ3) is 0.948. The molecule has 0 aromatic rings. The number of aliphatic carboxylic acids is 1. The van der Waals surface area contributed by atoms with Crippen LogP contribution in [0.2, 0.25) is 0 Å². The summed E-state index contributed by atoms with van der Waals surface area (Å²) in [7, 11) is 0. The number of nitrogens with one attached hydrogen (secondary N) is 1. The van der Waals surface area contributed by atoms with E-state index in [4.69, 9.17) is 5.11 Å². The smallest absolute Gasteiger partial charge is 0.310 e. The number of piperidine rings is 1. The van der Waals surface area contributed by atoms with Crippen LogP contribution in [-0.2, 0) is 4.79 Å². The lowest BCUT2D eigenvalue weighted by molar-refractivity contribution is -0.149. The summed E-state index contributed by atoms with van der Waals surface area (Å²) in [6.07, 6.45) is 2.87. The van der Waals surface area contributed by atoms with Gasteiger partial charge in [0.25, 0.3) is 0 Å². The average molecular weight is 155 g/mol. The quantitative estimate of drug-likeness (QED) is 0.578. The van der Waals surface area contributed by atoms with Crippen LogP contribution in [0.5, 0.6) is 0 Å². The maximum absolute atomic E-state index is 10.9. The van der Waals surface area contributed by atoms with Gasteiger partial charge < -0.3 is 10.4 Å². The highest BCUT2D eigenvalue weighted by atomic mass is 16.4. The average Bonchev–Trinajstić information content (AvgIpc) is 2.29. The van der Waals surface area contributed by atoms with Gasteiger partial charge in [0.05, 0.1) is 5.41 Å². The van der Waals surface area contributed by atoms with Crippen LogP contribution in [-0.4, -0.2) is 24.2 Å². The van der Waals surface area contributed by atoms with Crippen molar-refractivity contribution in [2.75, 3.05) is 13.1 Å². The highest BCUT2D eigenvalue weighted by Crippen LogP contribution is 2.43. The summed E-state index contributed by atoms with van der Waals surface area (Å²) in [6.45, 7) is 1.70. The minimum Gasteiger partial charge on any atom is -0.481 e. The Bertz CT molecular complexity index is 189. The third-order valence-electron chi connectivity index (χ3n) is 3.06. The van der Waals surface area contributed by atoms with E-state index in [9.17, 15) is 4.79 Å². The highest BCUT2D eigenvalue weighted by molar-refractivity contribution is 5.75. The molecule has 0 amide bonds. The van der Waals surface area contributed by atoms with Gasteiger partial charge in [0, 0.05) is 6.54 Å². The van der Waals surface area contributed by atoms with Crippen molar-refractivity contribution in [2.45, 2.75) is 19.3 Å². The van der Waals surface area contributed by atoms with Crippen molar-refractivity contribution < 1.29 is 9.90 Å². The number of rotatable bonds is 1. The van der Waals surface area contributed by atoms with Crippen LogP contribution in [0.25, 0.3) is 0 Å². The van der Waals surface area contributed by atoms with Gasteiger partial charge >= 0.3 is 5.97 Å². The molecule has 2 atom stereocenters. The van der Waals surface area contributed by atoms with Crippen LogP contribution in [0, 0.1) is 11.3 Å². The molecule has 3 heteroatoms. The molecule has 3 nitrogen and oxygen atoms in total. The monoisotopic (exact) mass is 155 g/mol. The fourth-order valence-corrected chi connectivity index (χ4v) is 2.36. The summed E-state index contributed by atoms with van der Waals surface area (Å²) in [5.74, 6) is 0.0204. The molecule has 62 valence electrons. The van der Waals surface area contributed by atoms with E-state index in [1.807, 2.05) is 0 Å². The van der Waals surface area contributed by atoms with Gasteiger partial charge in [-0.3, -0.25) is 4.79 Å². The van der Waals surface area contributed by atoms with E-state index in [1.165, 1.54) is 0 Å². The molecule has 0 aromatic heterocycles. The van der Waals surface area contributed by atoms with Gasteiger partial charge in [-0.25, -0.2) is 0 Å². The van der Waals surface area contributed by atoms with Crippen molar-refractivity contribution in [3.8, 4) is 0 Å². The fourth-order valence-electron chi connectivity index (χ4n) is 2.36. The summed E-state index contributed by atoms with van der Waals surface area (Å²) < 4.78 is 0. The molecule has 1 saturated heterocycles. The standard InChI is InChI=1S/C8H13NO2/c10-7(11)8-2-1-6(3-8)4-9-5-8/h6,9H,1-5H2,(H,10,11). The van der Waals surface area contributed by atoms with E-state index < -0.39 is 11.4 Å². The lowest BCUT2D eigenvalue weighted by atomic mass is 9.83. The van der Waals surface area contributed by atoms with Crippen molar-refractivity contribution in [2.24, 2.45) is 11.3 Å². The van der Waals surface area contributed by atoms with Crippen molar-refractivity contribution >= 4 is 5.97 Å². The Morgan fingerprint density at radius 2 is 2.45 bits per heavy atom. The topological polar surface area (TPSA) is 49.3 Å². The number of fused-ring (bicyclic) bond motifs is 2. The minimum atomic E-state index is -0.604. The first kappa shape index (κ1) is 7.10. The summed E-state index contributed by atoms with van der Waals surface area (Å²) in [5, 5.41) is 12.2. The van der Waals surface area contributed by atoms with E-state index in [-0.39, 0.29) is 0 Å². The van der Waals surface area contributed by atoms with Crippen LogP contribution in [0.15, 0.2) is 0 Å². The molecule has 2 aliphatic rings. The third-order valence-corrected chi connectivity index (χ3v) is 3.06. The molecule has 1 saturated carbocycles. The molecule has 0 aromatic carbocycles. The predicted molar refractivity (Wildman–Crippen MR) is 40.3 cm³/mol. The number of carbonyl (C=O) groups is 1. The van der Waals surface area contributed by atoms with Gasteiger partial charge in [-0.2, -0.15) is 0 Å². The Hall–Kier alpha value is -0.570. The number of carboxylic acid groups (broad SMARTS) is 1. The fraction of sp³-hybridized carbons (Fsp3) is 0.875. The van der Waals surface area contributed by atoms with E-state index in [0.29, 0.717) is 12.5 Å². The largest absolute Gasteiger partial charge is 0.481 e. The second-order valence-corrected chi connectivity index (χ2v) is 3.83. The maximum Gasteiger partial charge on any atom is 0.310 e. The molecule has 0 spiro atoms. The lowest BCUT2D eigenvalue weighted by Gasteiger charge is -2.29. The maximum atomic E-state index is 10.9. The van der Waals surface area contributed by atoms with E-state index >= 15 is 0 Å². The zero-order valence-electron chi connectivity index (χ0n) is 6.47. The van der Waals surface area contributed by atoms with E-state index in [0.717, 1.165) is 25.8 Å². The second-order valence-electron chi connectivity index (χ2n) is 3.83. The molecular weight excluding hydrogens is 142 g/mol. The summed E-state index contributed by atoms with van der Waals surface area (Å²) in [5.41, 5.74) is -0.400. The lowest BCUT2D eigenvalue weighted by Crippen LogP contribution is -2.44. The van der Waals surface area contributed by atoms with Crippen molar-refractivity contribution in [3.63, 3.8) is 0 Å². The van der Waals surface area contributed by atoms with Crippen LogP contribution in [0.3, 0.4) is 0 Å². The van der Waals surface area contributed by atoms with Gasteiger partial charge in [0.15, 0.2) is 0 Å². The Labute approximate surface area is 65.8 Å². The first-order chi connectivity index (χ1) is 5.23. The van der Waals surface area contributed by atoms with Gasteiger partial charge in [-0.05, 0) is 31.7 Å². The second kappa shape index (κ2) is 2.21. The summed E-state index contributed by atoms with van der Waals surface area (Å²) in [6, 6.07) is 0. The normalized spacial score (nSPS) is 42.4. The molecule has 11 heavy (non-hydrogen) atoms. The predicted octanol–water partition coefficient (Wildman–Crippen LogP) is 0.461. The molecule has 1 aliphatic heterocycles. The Morgan fingerprint density at radius 3 is 3.09 bits per heavy atom. The summed E-state index contributed by atoms with van der Waals surface area (Å²) in [4.78, 5) is 10.9. The van der Waals surface area contributed by atoms with Crippen LogP contribution in [0.4, 0.5) is 0 Å². The van der Waals surface area contributed by atoms with Crippen LogP contribution in [0.1, 0.15) is 19.3 Å². The van der Waals surface area contributed by atoms with Crippen molar-refractivity contribution in [3.05, 3.63) is 0 Å². The molecule has 2 bridgehead atoms. The molecule has 2 unspecified atom stereocenters. The minimum absolute atomic E-state index is 0.400. The van der Waals surface area contributed by atoms with Gasteiger partial charge in [0.1, 0.15) is 0 Å². The molecule has 1 heterocycles. The Balaban J connectivity index is 2.19. The van der Waals surface area contributed by atoms with E-state index in [1.54, 1.807) is 0 Å². The first-order valence-electron chi connectivity index (χ1n) is 4.17. The van der Waals surface area contributed by atoms with Crippen molar-refractivity contribution in [1.29, 1.82) is 0 Å². The molecule has 0 radical (unpaired) electrons. The van der Waals surface area contributed by atoms with Crippen LogP contribution < -0.4 is 5.32 Å². The summed E-state index contributed by atoms with van der Waals surface area (Å²) >= 11 is 0. The molecule has 2 rings (SSSR count). The van der Waals surface area contributed by atoms with E-state index in [2.05, 4.69) is 5.32 Å². The SMILES string of the molecule is O=C(O)C12CCC(CNC1)C2. The van der Waals surface area contributed by atoms with Gasteiger partial charge in [-0.15, -0.1) is 0 Å². The highest BCUT2D eigenvalue weighted by Gasteiger charge is 2.47. The number of hydrogen-bond acceptors (Lipinski definition) is 2. The van der Waals surface area contributed by atoms with Crippen LogP contribution >= 0.6 is 0 Å². The zero-order valence-corrected chi connectivity index (χ0v) is 6.47. The Morgan fingerprint density at radius 1 is 1.64 bits per heavy atom. The van der Waals surface area contributed by atoms with Gasteiger partial charge in [-0.1, -0.05) is 0 Å². The van der Waals surface area contributed by atoms with Gasteiger partial charge in [0.2, 0.25) is 0 Å². The molecule has 2 N–H and O–H groups in total. The zero-order chi connectivity index (χ0) is 7.90. The van der Waals surface area contributed by atoms with Crippen molar-refractivity contribution in [1.82, 2.24) is 5.32 Å².